The number of hydrogen-bond acceptors (Lipinski definition) is 7. The van der Waals surface area contributed by atoms with Gasteiger partial charge in [0.05, 0.1) is 17.5 Å². The van der Waals surface area contributed by atoms with Crippen molar-refractivity contribution in [3.63, 3.8) is 0 Å². The molecule has 0 spiro atoms. The van der Waals surface area contributed by atoms with Gasteiger partial charge in [-0.2, -0.15) is 0 Å². The molecule has 0 fully saturated rings. The lowest BCUT2D eigenvalue weighted by molar-refractivity contribution is -0.135. The molecule has 1 atom stereocenters. The van der Waals surface area contributed by atoms with Crippen LogP contribution in [0, 0.1) is 0 Å². The Kier molecular flexibility index (Phi) is 4.39. The van der Waals surface area contributed by atoms with Crippen LogP contribution in [-0.2, 0) is 17.8 Å². The van der Waals surface area contributed by atoms with Crippen molar-refractivity contribution in [3.8, 4) is 28.6 Å². The van der Waals surface area contributed by atoms with E-state index in [-0.39, 0.29) is 40.0 Å². The number of carbonyl (C=O) groups is 1. The maximum atomic E-state index is 13.7. The maximum Gasteiger partial charge on any atom is 0.312 e. The number of fused-ring (bicyclic) bond motifs is 3. The standard InChI is InChI=1S/C29H19NO7/c31-19-13-20(14-5-2-1-3-6-14)36-27-22-17(12-21(32)37-28(22)26(34)25(33)23(19)27)18-11-16-8-4-7-15-9-10-30(24(15)16)29(18)35/h1-8,11,13,17,33-34H,9-10,12H2/t17-/m0/s1. The number of esters is 1. The van der Waals surface area contributed by atoms with E-state index in [1.807, 2.05) is 24.3 Å². The van der Waals surface area contributed by atoms with Gasteiger partial charge in [-0.25, -0.2) is 0 Å². The van der Waals surface area contributed by atoms with Crippen LogP contribution in [0.25, 0.3) is 33.2 Å². The van der Waals surface area contributed by atoms with E-state index in [9.17, 15) is 24.6 Å². The summed E-state index contributed by atoms with van der Waals surface area (Å²) >= 11 is 0. The van der Waals surface area contributed by atoms with Crippen molar-refractivity contribution in [2.24, 2.45) is 0 Å². The van der Waals surface area contributed by atoms with Crippen molar-refractivity contribution in [2.75, 3.05) is 0 Å². The summed E-state index contributed by atoms with van der Waals surface area (Å²) < 4.78 is 13.2. The first-order valence-corrected chi connectivity index (χ1v) is 11.9. The van der Waals surface area contributed by atoms with Gasteiger partial charge in [0.2, 0.25) is 5.75 Å². The van der Waals surface area contributed by atoms with Crippen LogP contribution in [0.3, 0.4) is 0 Å². The highest BCUT2D eigenvalue weighted by molar-refractivity contribution is 5.96. The number of pyridine rings is 1. The second-order valence-corrected chi connectivity index (χ2v) is 9.38. The Morgan fingerprint density at radius 1 is 0.919 bits per heavy atom. The molecule has 7 rings (SSSR count). The second kappa shape index (κ2) is 7.57. The molecule has 2 N–H and O–H groups in total. The molecule has 182 valence electrons. The number of aromatic hydroxyl groups is 2. The first-order chi connectivity index (χ1) is 17.9. The number of benzene rings is 3. The average molecular weight is 493 g/mol. The summed E-state index contributed by atoms with van der Waals surface area (Å²) in [4.78, 5) is 39.6. The number of rotatable bonds is 2. The van der Waals surface area contributed by atoms with Gasteiger partial charge < -0.3 is 23.9 Å². The zero-order valence-electron chi connectivity index (χ0n) is 19.4. The summed E-state index contributed by atoms with van der Waals surface area (Å²) in [6, 6.07) is 17.8. The third-order valence-electron chi connectivity index (χ3n) is 7.31. The highest BCUT2D eigenvalue weighted by Crippen LogP contribution is 2.52. The fourth-order valence-electron chi connectivity index (χ4n) is 5.66. The Morgan fingerprint density at radius 3 is 2.54 bits per heavy atom. The van der Waals surface area contributed by atoms with E-state index < -0.39 is 28.8 Å². The number of ether oxygens (including phenoxy) is 1. The molecule has 0 saturated heterocycles. The molecule has 0 saturated carbocycles. The van der Waals surface area contributed by atoms with Gasteiger partial charge in [-0.3, -0.25) is 14.4 Å². The van der Waals surface area contributed by atoms with Crippen LogP contribution < -0.4 is 15.7 Å². The second-order valence-electron chi connectivity index (χ2n) is 9.38. The number of phenolic OH excluding ortho intramolecular Hbond substituents is 2. The number of phenols is 2. The van der Waals surface area contributed by atoms with Gasteiger partial charge >= 0.3 is 5.97 Å². The monoisotopic (exact) mass is 493 g/mol. The molecule has 0 bridgehead atoms. The lowest BCUT2D eigenvalue weighted by atomic mass is 9.84. The van der Waals surface area contributed by atoms with Gasteiger partial charge in [-0.1, -0.05) is 48.5 Å². The van der Waals surface area contributed by atoms with E-state index in [1.54, 1.807) is 34.9 Å². The van der Waals surface area contributed by atoms with E-state index in [2.05, 4.69) is 0 Å². The lowest BCUT2D eigenvalue weighted by Crippen LogP contribution is -2.29. The molecule has 4 heterocycles. The molecule has 2 aliphatic heterocycles. The molecule has 5 aromatic rings. The van der Waals surface area contributed by atoms with Crippen LogP contribution in [-0.4, -0.2) is 20.7 Å². The summed E-state index contributed by atoms with van der Waals surface area (Å²) in [6.45, 7) is 0.515. The van der Waals surface area contributed by atoms with Gasteiger partial charge in [-0.05, 0) is 23.4 Å². The van der Waals surface area contributed by atoms with E-state index in [0.717, 1.165) is 22.9 Å². The molecule has 37 heavy (non-hydrogen) atoms. The normalized spacial score (nSPS) is 16.2. The minimum absolute atomic E-state index is 0.0381. The Hall–Kier alpha value is -4.85. The van der Waals surface area contributed by atoms with Crippen molar-refractivity contribution >= 4 is 27.8 Å². The lowest BCUT2D eigenvalue weighted by Gasteiger charge is -2.27. The molecule has 0 unspecified atom stereocenters. The van der Waals surface area contributed by atoms with Crippen LogP contribution in [0.1, 0.15) is 29.0 Å². The summed E-state index contributed by atoms with van der Waals surface area (Å²) in [5.41, 5.74) is 2.20. The highest BCUT2D eigenvalue weighted by Gasteiger charge is 2.38. The van der Waals surface area contributed by atoms with Crippen molar-refractivity contribution in [3.05, 3.63) is 97.9 Å². The van der Waals surface area contributed by atoms with E-state index in [4.69, 9.17) is 9.15 Å². The Labute approximate surface area is 208 Å². The van der Waals surface area contributed by atoms with Crippen LogP contribution >= 0.6 is 0 Å². The third kappa shape index (κ3) is 2.99. The quantitative estimate of drug-likeness (QED) is 0.215. The SMILES string of the molecule is O=C1C[C@@H](c2cc3cccc4c3n(c2=O)CC4)c2c(c(O)c(O)c3c(=O)cc(-c4ccccc4)oc23)O1. The molecular formula is C29H19NO7. The first-order valence-electron chi connectivity index (χ1n) is 11.9. The smallest absolute Gasteiger partial charge is 0.312 e. The number of nitrogens with zero attached hydrogens (tertiary/aromatic N) is 1. The van der Waals surface area contributed by atoms with Crippen LogP contribution in [0.4, 0.5) is 0 Å². The zero-order chi connectivity index (χ0) is 25.4. The van der Waals surface area contributed by atoms with Gasteiger partial charge in [0, 0.05) is 29.7 Å². The molecule has 3 aromatic carbocycles. The Balaban J connectivity index is 1.58. The molecular weight excluding hydrogens is 474 g/mol. The predicted octanol–water partition coefficient (Wildman–Crippen LogP) is 4.18. The van der Waals surface area contributed by atoms with Crippen LogP contribution in [0.5, 0.6) is 17.2 Å². The number of aryl methyl sites for hydroxylation is 2. The highest BCUT2D eigenvalue weighted by atomic mass is 16.5. The number of hydrogen-bond donors (Lipinski definition) is 2. The maximum absolute atomic E-state index is 13.7. The summed E-state index contributed by atoms with van der Waals surface area (Å²) in [5.74, 6) is -3.11. The van der Waals surface area contributed by atoms with Crippen molar-refractivity contribution in [1.82, 2.24) is 4.57 Å². The van der Waals surface area contributed by atoms with E-state index >= 15 is 0 Å². The Morgan fingerprint density at radius 2 is 1.73 bits per heavy atom. The average Bonchev–Trinajstić information content (AvgIpc) is 3.35. The predicted molar refractivity (Wildman–Crippen MR) is 135 cm³/mol. The first kappa shape index (κ1) is 21.4. The van der Waals surface area contributed by atoms with Crippen LogP contribution in [0.2, 0.25) is 0 Å². The van der Waals surface area contributed by atoms with Crippen molar-refractivity contribution in [1.29, 1.82) is 0 Å². The topological polar surface area (TPSA) is 119 Å². The molecule has 2 aliphatic rings. The molecule has 0 aliphatic carbocycles. The molecule has 8 heteroatoms. The van der Waals surface area contributed by atoms with Gasteiger partial charge in [0.1, 0.15) is 16.7 Å². The van der Waals surface area contributed by atoms with Gasteiger partial charge in [-0.15, -0.1) is 0 Å². The zero-order valence-corrected chi connectivity index (χ0v) is 19.4. The number of para-hydroxylation sites is 1. The summed E-state index contributed by atoms with van der Waals surface area (Å²) in [5, 5.41) is 22.1. The van der Waals surface area contributed by atoms with Gasteiger partial charge in [0.25, 0.3) is 5.56 Å². The van der Waals surface area contributed by atoms with Gasteiger partial charge in [0.15, 0.2) is 16.9 Å². The third-order valence-corrected chi connectivity index (χ3v) is 7.31. The molecule has 2 aromatic heterocycles. The fraction of sp³-hybridized carbons (Fsp3) is 0.138. The Bertz CT molecular complexity index is 1920. The van der Waals surface area contributed by atoms with Crippen molar-refractivity contribution < 1.29 is 24.2 Å². The largest absolute Gasteiger partial charge is 0.504 e. The molecule has 0 radical (unpaired) electrons. The number of carbonyl (C=O) groups excluding carboxylic acids is 1. The van der Waals surface area contributed by atoms with E-state index in [1.165, 1.54) is 6.07 Å². The van der Waals surface area contributed by atoms with E-state index in [0.29, 0.717) is 17.7 Å². The molecule has 0 amide bonds. The van der Waals surface area contributed by atoms with Crippen LogP contribution in [0.15, 0.2) is 74.7 Å². The van der Waals surface area contributed by atoms with Crippen molar-refractivity contribution in [2.45, 2.75) is 25.3 Å². The fourth-order valence-corrected chi connectivity index (χ4v) is 5.66. The molecule has 8 nitrogen and oxygen atoms in total. The number of aromatic nitrogens is 1. The summed E-state index contributed by atoms with van der Waals surface area (Å²) in [7, 11) is 0. The summed E-state index contributed by atoms with van der Waals surface area (Å²) in [6.07, 6.45) is 0.526. The minimum atomic E-state index is -0.871. The minimum Gasteiger partial charge on any atom is -0.504 e.